The summed E-state index contributed by atoms with van der Waals surface area (Å²) in [6, 6.07) is 5.14. The summed E-state index contributed by atoms with van der Waals surface area (Å²) in [5.41, 5.74) is 5.92. The molecule has 2 aromatic rings. The molecule has 0 saturated carbocycles. The normalized spacial score (nSPS) is 11.3. The predicted octanol–water partition coefficient (Wildman–Crippen LogP) is 1.19. The van der Waals surface area contributed by atoms with Gasteiger partial charge in [0.05, 0.1) is 10.6 Å². The fraction of sp³-hybridized carbons (Fsp3) is 0.167. The van der Waals surface area contributed by atoms with Crippen LogP contribution in [0.2, 0.25) is 0 Å². The van der Waals surface area contributed by atoms with Gasteiger partial charge < -0.3 is 10.2 Å². The maximum atomic E-state index is 12.1. The number of rotatable bonds is 4. The fourth-order valence-corrected chi connectivity index (χ4v) is 2.42. The van der Waals surface area contributed by atoms with Crippen LogP contribution in [0.25, 0.3) is 0 Å². The number of amides is 1. The Morgan fingerprint density at radius 1 is 1.25 bits per heavy atom. The van der Waals surface area contributed by atoms with E-state index in [4.69, 9.17) is 10.2 Å². The van der Waals surface area contributed by atoms with Gasteiger partial charge in [0.1, 0.15) is 5.76 Å². The second-order valence-corrected chi connectivity index (χ2v) is 5.84. The summed E-state index contributed by atoms with van der Waals surface area (Å²) >= 11 is 0. The van der Waals surface area contributed by atoms with Crippen LogP contribution in [0.1, 0.15) is 21.8 Å². The first-order chi connectivity index (χ1) is 9.29. The maximum Gasteiger partial charge on any atom is 0.309 e. The van der Waals surface area contributed by atoms with Crippen LogP contribution >= 0.6 is 0 Å². The molecule has 8 heteroatoms. The van der Waals surface area contributed by atoms with E-state index in [1.807, 2.05) is 0 Å². The average Bonchev–Trinajstić information content (AvgIpc) is 2.67. The molecule has 0 fully saturated rings. The zero-order chi connectivity index (χ0) is 14.9. The van der Waals surface area contributed by atoms with Crippen molar-refractivity contribution in [3.8, 4) is 0 Å². The van der Waals surface area contributed by atoms with Gasteiger partial charge in [-0.05, 0) is 38.1 Å². The monoisotopic (exact) mass is 295 g/mol. The van der Waals surface area contributed by atoms with E-state index in [-0.39, 0.29) is 16.5 Å². The Morgan fingerprint density at radius 2 is 1.85 bits per heavy atom. The molecule has 1 heterocycles. The summed E-state index contributed by atoms with van der Waals surface area (Å²) < 4.78 is 31.5. The molecule has 1 amide bonds. The molecule has 7 nitrogen and oxygen atoms in total. The molecule has 3 N–H and O–H groups in total. The molecular formula is C12H13N3O4S. The van der Waals surface area contributed by atoms with Crippen molar-refractivity contribution in [1.82, 2.24) is 4.98 Å². The highest BCUT2D eigenvalue weighted by Crippen LogP contribution is 2.18. The summed E-state index contributed by atoms with van der Waals surface area (Å²) in [4.78, 5) is 14.8. The number of benzene rings is 1. The SMILES string of the molecule is Cc1nc(NS(=O)(=O)c2ccc(C(N)=O)cc2)oc1C. The van der Waals surface area contributed by atoms with Crippen molar-refractivity contribution < 1.29 is 17.6 Å². The van der Waals surface area contributed by atoms with Crippen molar-refractivity contribution in [2.24, 2.45) is 5.73 Å². The predicted molar refractivity (Wildman–Crippen MR) is 71.7 cm³/mol. The first-order valence-corrected chi connectivity index (χ1v) is 7.14. The van der Waals surface area contributed by atoms with E-state index in [0.29, 0.717) is 11.5 Å². The number of nitrogens with zero attached hydrogens (tertiary/aromatic N) is 1. The van der Waals surface area contributed by atoms with E-state index in [1.165, 1.54) is 24.3 Å². The zero-order valence-corrected chi connectivity index (χ0v) is 11.7. The number of hydrogen-bond donors (Lipinski definition) is 2. The third kappa shape index (κ3) is 2.80. The highest BCUT2D eigenvalue weighted by Gasteiger charge is 2.18. The number of hydrogen-bond acceptors (Lipinski definition) is 5. The molecule has 0 aliphatic rings. The quantitative estimate of drug-likeness (QED) is 0.879. The Hall–Kier alpha value is -2.35. The third-order valence-corrected chi connectivity index (χ3v) is 4.04. The van der Waals surface area contributed by atoms with Crippen LogP contribution in [0.5, 0.6) is 0 Å². The van der Waals surface area contributed by atoms with Gasteiger partial charge in [-0.1, -0.05) is 0 Å². The molecule has 0 spiro atoms. The lowest BCUT2D eigenvalue weighted by atomic mass is 10.2. The van der Waals surface area contributed by atoms with Crippen molar-refractivity contribution in [3.63, 3.8) is 0 Å². The number of anilines is 1. The van der Waals surface area contributed by atoms with Gasteiger partial charge in [0.15, 0.2) is 0 Å². The lowest BCUT2D eigenvalue weighted by Gasteiger charge is -2.04. The summed E-state index contributed by atoms with van der Waals surface area (Å²) in [5, 5.41) is 0. The van der Waals surface area contributed by atoms with Gasteiger partial charge in [-0.15, -0.1) is 0 Å². The average molecular weight is 295 g/mol. The highest BCUT2D eigenvalue weighted by atomic mass is 32.2. The molecule has 0 unspecified atom stereocenters. The number of carbonyl (C=O) groups excluding carboxylic acids is 1. The lowest BCUT2D eigenvalue weighted by Crippen LogP contribution is -2.14. The van der Waals surface area contributed by atoms with E-state index in [0.717, 1.165) is 0 Å². The van der Waals surface area contributed by atoms with Gasteiger partial charge in [0.2, 0.25) is 5.91 Å². The van der Waals surface area contributed by atoms with Gasteiger partial charge >= 0.3 is 6.01 Å². The van der Waals surface area contributed by atoms with Crippen molar-refractivity contribution in [2.45, 2.75) is 18.7 Å². The number of oxazole rings is 1. The molecular weight excluding hydrogens is 282 g/mol. The fourth-order valence-electron chi connectivity index (χ4n) is 1.49. The molecule has 0 aliphatic heterocycles. The first-order valence-electron chi connectivity index (χ1n) is 5.66. The number of nitrogens with one attached hydrogen (secondary N) is 1. The van der Waals surface area contributed by atoms with Crippen molar-refractivity contribution in [1.29, 1.82) is 0 Å². The Bertz CT molecular complexity index is 728. The molecule has 20 heavy (non-hydrogen) atoms. The van der Waals surface area contributed by atoms with Crippen LogP contribution in [-0.2, 0) is 10.0 Å². The number of nitrogens with two attached hydrogens (primary N) is 1. The Kier molecular flexibility index (Phi) is 3.49. The van der Waals surface area contributed by atoms with E-state index >= 15 is 0 Å². The summed E-state index contributed by atoms with van der Waals surface area (Å²) in [5.74, 6) is -0.0902. The Morgan fingerprint density at radius 3 is 2.30 bits per heavy atom. The molecule has 106 valence electrons. The van der Waals surface area contributed by atoms with Crippen molar-refractivity contribution in [2.75, 3.05) is 4.72 Å². The van der Waals surface area contributed by atoms with E-state index in [2.05, 4.69) is 9.71 Å². The second kappa shape index (κ2) is 4.97. The van der Waals surface area contributed by atoms with Crippen LogP contribution in [0.15, 0.2) is 33.6 Å². The van der Waals surface area contributed by atoms with Gasteiger partial charge in [-0.3, -0.25) is 4.79 Å². The molecule has 0 saturated heterocycles. The maximum absolute atomic E-state index is 12.1. The number of aryl methyl sites for hydroxylation is 2. The number of aromatic nitrogens is 1. The summed E-state index contributed by atoms with van der Waals surface area (Å²) in [7, 11) is -3.82. The second-order valence-electron chi connectivity index (χ2n) is 4.15. The van der Waals surface area contributed by atoms with E-state index < -0.39 is 15.9 Å². The summed E-state index contributed by atoms with van der Waals surface area (Å²) in [6.07, 6.45) is 0. The molecule has 2 rings (SSSR count). The van der Waals surface area contributed by atoms with Crippen LogP contribution in [-0.4, -0.2) is 19.3 Å². The molecule has 0 atom stereocenters. The van der Waals surface area contributed by atoms with E-state index in [9.17, 15) is 13.2 Å². The Labute approximate surface area is 115 Å². The third-order valence-electron chi connectivity index (χ3n) is 2.70. The molecule has 1 aromatic heterocycles. The van der Waals surface area contributed by atoms with Crippen molar-refractivity contribution >= 4 is 21.9 Å². The lowest BCUT2D eigenvalue weighted by molar-refractivity contribution is 0.1000. The number of sulfonamides is 1. The van der Waals surface area contributed by atoms with Crippen LogP contribution < -0.4 is 10.5 Å². The number of carbonyl (C=O) groups is 1. The van der Waals surface area contributed by atoms with Gasteiger partial charge in [-0.2, -0.15) is 4.98 Å². The topological polar surface area (TPSA) is 115 Å². The number of primary amides is 1. The first kappa shape index (κ1) is 14.1. The minimum absolute atomic E-state index is 0.0176. The van der Waals surface area contributed by atoms with Crippen LogP contribution in [0.3, 0.4) is 0 Å². The highest BCUT2D eigenvalue weighted by molar-refractivity contribution is 7.92. The Balaban J connectivity index is 2.28. The largest absolute Gasteiger partial charge is 0.428 e. The van der Waals surface area contributed by atoms with E-state index in [1.54, 1.807) is 13.8 Å². The smallest absolute Gasteiger partial charge is 0.309 e. The zero-order valence-electron chi connectivity index (χ0n) is 10.9. The van der Waals surface area contributed by atoms with Gasteiger partial charge in [0.25, 0.3) is 10.0 Å². The minimum atomic E-state index is -3.82. The molecule has 0 aliphatic carbocycles. The molecule has 1 aromatic carbocycles. The molecule has 0 bridgehead atoms. The standard InChI is InChI=1S/C12H13N3O4S/c1-7-8(2)19-12(14-7)15-20(17,18)10-5-3-9(4-6-10)11(13)16/h3-6H,1-2H3,(H2,13,16)(H,14,15). The molecule has 0 radical (unpaired) electrons. The van der Waals surface area contributed by atoms with Crippen LogP contribution in [0.4, 0.5) is 6.01 Å². The van der Waals surface area contributed by atoms with Gasteiger partial charge in [0, 0.05) is 5.56 Å². The van der Waals surface area contributed by atoms with Crippen molar-refractivity contribution in [3.05, 3.63) is 41.3 Å². The minimum Gasteiger partial charge on any atom is -0.428 e. The van der Waals surface area contributed by atoms with Crippen LogP contribution in [0, 0.1) is 13.8 Å². The summed E-state index contributed by atoms with van der Waals surface area (Å²) in [6.45, 7) is 3.39. The van der Waals surface area contributed by atoms with Gasteiger partial charge in [-0.25, -0.2) is 13.1 Å².